The van der Waals surface area contributed by atoms with E-state index in [9.17, 15) is 4.79 Å². The van der Waals surface area contributed by atoms with Crippen molar-refractivity contribution in [1.82, 2.24) is 8.51 Å². The minimum absolute atomic E-state index is 0.134. The zero-order valence-corrected chi connectivity index (χ0v) is 7.27. The van der Waals surface area contributed by atoms with E-state index in [1.54, 1.807) is 34.4 Å². The van der Waals surface area contributed by atoms with Crippen LogP contribution in [0.1, 0.15) is 9.80 Å². The molecule has 5 heteroatoms. The average Bonchev–Trinajstić information content (AvgIpc) is 2.37. The molecule has 1 amide bonds. The highest BCUT2D eigenvalue weighted by molar-refractivity contribution is 14.1. The number of amides is 1. The molecule has 0 bridgehead atoms. The molecule has 1 aromatic rings. The highest BCUT2D eigenvalue weighted by Crippen LogP contribution is 2.03. The summed E-state index contributed by atoms with van der Waals surface area (Å²) in [6, 6.07) is 0. The molecule has 0 spiro atoms. The van der Waals surface area contributed by atoms with Gasteiger partial charge in [-0.25, -0.2) is 4.98 Å². The maximum atomic E-state index is 10.7. The van der Waals surface area contributed by atoms with Crippen molar-refractivity contribution in [3.8, 4) is 0 Å². The van der Waals surface area contributed by atoms with E-state index in [0.717, 1.165) is 0 Å². The first-order valence-electron chi connectivity index (χ1n) is 2.15. The number of carbonyl (C=O) groups is 1. The molecule has 1 N–H and O–H groups in total. The summed E-state index contributed by atoms with van der Waals surface area (Å²) < 4.78 is 2.45. The fourth-order valence-electron chi connectivity index (χ4n) is 0.376. The average molecular weight is 254 g/mol. The van der Waals surface area contributed by atoms with Gasteiger partial charge in [0.15, 0.2) is 5.01 Å². The lowest BCUT2D eigenvalue weighted by atomic mass is 10.7. The Bertz CT molecular complexity index is 198. The molecule has 9 heavy (non-hydrogen) atoms. The topological polar surface area (TPSA) is 42.0 Å². The maximum absolute atomic E-state index is 10.7. The molecule has 0 aliphatic rings. The van der Waals surface area contributed by atoms with Crippen LogP contribution < -0.4 is 3.53 Å². The van der Waals surface area contributed by atoms with Crippen LogP contribution in [-0.4, -0.2) is 10.9 Å². The molecule has 3 nitrogen and oxygen atoms in total. The van der Waals surface area contributed by atoms with Gasteiger partial charge in [-0.15, -0.1) is 11.3 Å². The monoisotopic (exact) mass is 254 g/mol. The van der Waals surface area contributed by atoms with Gasteiger partial charge in [0.2, 0.25) is 0 Å². The third-order valence-corrected chi connectivity index (χ3v) is 1.97. The predicted octanol–water partition coefficient (Wildman–Crippen LogP) is 1.22. The lowest BCUT2D eigenvalue weighted by molar-refractivity contribution is 0.0989. The molecule has 0 saturated carbocycles. The second-order valence-corrected chi connectivity index (χ2v) is 2.69. The Labute approximate surface area is 70.0 Å². The number of hydrogen-bond donors (Lipinski definition) is 1. The van der Waals surface area contributed by atoms with Crippen molar-refractivity contribution in [2.45, 2.75) is 0 Å². The Balaban J connectivity index is 2.77. The summed E-state index contributed by atoms with van der Waals surface area (Å²) in [4.78, 5) is 14.5. The van der Waals surface area contributed by atoms with E-state index in [2.05, 4.69) is 8.51 Å². The van der Waals surface area contributed by atoms with Crippen molar-refractivity contribution in [2.75, 3.05) is 0 Å². The van der Waals surface area contributed by atoms with E-state index < -0.39 is 0 Å². The van der Waals surface area contributed by atoms with Crippen LogP contribution in [0.25, 0.3) is 0 Å². The lowest BCUT2D eigenvalue weighted by Gasteiger charge is -1.86. The molecule has 0 aromatic carbocycles. The highest BCUT2D eigenvalue weighted by atomic mass is 127. The van der Waals surface area contributed by atoms with Gasteiger partial charge in [-0.2, -0.15) is 0 Å². The van der Waals surface area contributed by atoms with Crippen molar-refractivity contribution < 1.29 is 4.79 Å². The smallest absolute Gasteiger partial charge is 0.288 e. The zero-order valence-electron chi connectivity index (χ0n) is 4.30. The Hall–Kier alpha value is -0.170. The normalized spacial score (nSPS) is 9.00. The lowest BCUT2D eigenvalue weighted by Crippen LogP contribution is -2.10. The fourth-order valence-corrected chi connectivity index (χ4v) is 1.34. The van der Waals surface area contributed by atoms with E-state index in [4.69, 9.17) is 0 Å². The van der Waals surface area contributed by atoms with Crippen LogP contribution in [0.2, 0.25) is 0 Å². The molecule has 1 rings (SSSR count). The molecule has 1 heterocycles. The number of nitrogens with one attached hydrogen (secondary N) is 1. The number of thiazole rings is 1. The summed E-state index contributed by atoms with van der Waals surface area (Å²) >= 11 is 3.11. The number of carbonyl (C=O) groups excluding carboxylic acids is 1. The summed E-state index contributed by atoms with van der Waals surface area (Å²) in [5.41, 5.74) is 0. The minimum Gasteiger partial charge on any atom is -0.293 e. The van der Waals surface area contributed by atoms with Crippen molar-refractivity contribution in [3.63, 3.8) is 0 Å². The third-order valence-electron chi connectivity index (χ3n) is 0.712. The van der Waals surface area contributed by atoms with Gasteiger partial charge in [0.25, 0.3) is 5.91 Å². The van der Waals surface area contributed by atoms with Gasteiger partial charge < -0.3 is 0 Å². The molecular formula is C4H3IN2OS. The van der Waals surface area contributed by atoms with Gasteiger partial charge >= 0.3 is 0 Å². The van der Waals surface area contributed by atoms with Crippen LogP contribution in [0.3, 0.4) is 0 Å². The Morgan fingerprint density at radius 3 is 3.11 bits per heavy atom. The second kappa shape index (κ2) is 3.11. The molecule has 0 aliphatic heterocycles. The van der Waals surface area contributed by atoms with E-state index >= 15 is 0 Å². The van der Waals surface area contributed by atoms with Crippen LogP contribution in [-0.2, 0) is 0 Å². The first-order chi connectivity index (χ1) is 4.34. The number of nitrogens with zero attached hydrogens (tertiary/aromatic N) is 1. The first kappa shape index (κ1) is 6.94. The van der Waals surface area contributed by atoms with Crippen molar-refractivity contribution in [2.24, 2.45) is 0 Å². The number of aromatic nitrogens is 1. The van der Waals surface area contributed by atoms with Gasteiger partial charge in [-0.1, -0.05) is 0 Å². The largest absolute Gasteiger partial charge is 0.293 e. The summed E-state index contributed by atoms with van der Waals surface area (Å²) in [6.07, 6.45) is 1.60. The SMILES string of the molecule is O=C(NI)c1nccs1. The quantitative estimate of drug-likeness (QED) is 0.604. The van der Waals surface area contributed by atoms with Crippen LogP contribution in [0.5, 0.6) is 0 Å². The van der Waals surface area contributed by atoms with E-state index in [-0.39, 0.29) is 5.91 Å². The van der Waals surface area contributed by atoms with Crippen LogP contribution in [0.15, 0.2) is 11.6 Å². The van der Waals surface area contributed by atoms with Gasteiger partial charge in [0, 0.05) is 11.6 Å². The van der Waals surface area contributed by atoms with Gasteiger partial charge in [-0.3, -0.25) is 8.32 Å². The molecule has 48 valence electrons. The standard InChI is InChI=1S/C4H3IN2OS/c5-7-3(8)4-6-1-2-9-4/h1-2H,(H,7,8). The molecule has 0 unspecified atom stereocenters. The van der Waals surface area contributed by atoms with Crippen molar-refractivity contribution >= 4 is 40.1 Å². The Morgan fingerprint density at radius 2 is 2.67 bits per heavy atom. The van der Waals surface area contributed by atoms with E-state index in [1.165, 1.54) is 11.3 Å². The summed E-state index contributed by atoms with van der Waals surface area (Å²) in [5, 5.41) is 2.27. The summed E-state index contributed by atoms with van der Waals surface area (Å²) in [7, 11) is 0. The van der Waals surface area contributed by atoms with E-state index in [0.29, 0.717) is 5.01 Å². The molecule has 0 fully saturated rings. The van der Waals surface area contributed by atoms with Crippen molar-refractivity contribution in [3.05, 3.63) is 16.6 Å². The minimum atomic E-state index is -0.134. The van der Waals surface area contributed by atoms with Gasteiger partial charge in [0.1, 0.15) is 0 Å². The van der Waals surface area contributed by atoms with Gasteiger partial charge in [0.05, 0.1) is 22.9 Å². The van der Waals surface area contributed by atoms with Gasteiger partial charge in [-0.05, 0) is 0 Å². The van der Waals surface area contributed by atoms with E-state index in [1.807, 2.05) is 0 Å². The zero-order chi connectivity index (χ0) is 6.69. The number of halogens is 1. The van der Waals surface area contributed by atoms with Crippen molar-refractivity contribution in [1.29, 1.82) is 0 Å². The number of rotatable bonds is 1. The predicted molar refractivity (Wildman–Crippen MR) is 43.6 cm³/mol. The fraction of sp³-hybridized carbons (Fsp3) is 0. The maximum Gasteiger partial charge on any atom is 0.288 e. The highest BCUT2D eigenvalue weighted by Gasteiger charge is 2.03. The molecule has 0 aliphatic carbocycles. The summed E-state index contributed by atoms with van der Waals surface area (Å²) in [5.74, 6) is -0.134. The molecule has 1 aromatic heterocycles. The first-order valence-corrected chi connectivity index (χ1v) is 4.11. The third kappa shape index (κ3) is 1.62. The number of hydrogen-bond acceptors (Lipinski definition) is 3. The molecule has 0 atom stereocenters. The van der Waals surface area contributed by atoms with Crippen LogP contribution in [0.4, 0.5) is 0 Å². The molecule has 0 saturated heterocycles. The molecule has 0 radical (unpaired) electrons. The second-order valence-electron chi connectivity index (χ2n) is 1.26. The van der Waals surface area contributed by atoms with Crippen LogP contribution in [0, 0.1) is 0 Å². The molecular weight excluding hydrogens is 251 g/mol. The van der Waals surface area contributed by atoms with Crippen LogP contribution >= 0.6 is 34.2 Å². The Morgan fingerprint density at radius 1 is 1.89 bits per heavy atom. The summed E-state index contributed by atoms with van der Waals surface area (Å²) in [6.45, 7) is 0. The Kier molecular flexibility index (Phi) is 2.40.